The van der Waals surface area contributed by atoms with Gasteiger partial charge in [0.2, 0.25) is 0 Å². The molecular weight excluding hydrogens is 250 g/mol. The molecule has 0 amide bonds. The largest absolute Gasteiger partial charge is 0.478 e. The van der Waals surface area contributed by atoms with Gasteiger partial charge in [-0.2, -0.15) is 4.37 Å². The van der Waals surface area contributed by atoms with E-state index in [1.807, 2.05) is 0 Å². The van der Waals surface area contributed by atoms with Crippen LogP contribution in [0.25, 0.3) is 0 Å². The van der Waals surface area contributed by atoms with Gasteiger partial charge in [0.1, 0.15) is 10.6 Å². The first kappa shape index (κ1) is 13.3. The number of anilines is 1. The number of likely N-dealkylation sites (tertiary alicyclic amines) is 1. The van der Waals surface area contributed by atoms with Gasteiger partial charge < -0.3 is 15.3 Å². The van der Waals surface area contributed by atoms with Crippen LogP contribution in [0, 0.1) is 6.92 Å². The molecule has 5 nitrogen and oxygen atoms in total. The Hall–Kier alpha value is -1.14. The van der Waals surface area contributed by atoms with Crippen molar-refractivity contribution in [2.75, 3.05) is 18.9 Å². The summed E-state index contributed by atoms with van der Waals surface area (Å²) in [5, 5.41) is 13.2. The fraction of sp³-hybridized carbons (Fsp3) is 0.667. The molecule has 18 heavy (non-hydrogen) atoms. The number of nitrogens with one attached hydrogen (secondary N) is 1. The summed E-state index contributed by atoms with van der Waals surface area (Å²) in [5.41, 5.74) is 0.919. The first-order valence-electron chi connectivity index (χ1n) is 6.15. The summed E-state index contributed by atoms with van der Waals surface area (Å²) >= 11 is 1.24. The molecule has 6 heteroatoms. The molecule has 1 saturated heterocycles. The van der Waals surface area contributed by atoms with Crippen LogP contribution in [0.4, 0.5) is 5.00 Å². The number of hydrogen-bond acceptors (Lipinski definition) is 5. The van der Waals surface area contributed by atoms with E-state index in [4.69, 9.17) is 0 Å². The predicted octanol–water partition coefficient (Wildman–Crippen LogP) is 2.04. The van der Waals surface area contributed by atoms with Crippen molar-refractivity contribution in [3.8, 4) is 0 Å². The number of carbonyl (C=O) groups is 1. The van der Waals surface area contributed by atoms with Crippen LogP contribution in [0.2, 0.25) is 0 Å². The van der Waals surface area contributed by atoms with E-state index in [0.29, 0.717) is 28.3 Å². The smallest absolute Gasteiger partial charge is 0.340 e. The molecular formula is C12H19N3O2S. The molecule has 1 aromatic heterocycles. The van der Waals surface area contributed by atoms with Crippen molar-refractivity contribution >= 4 is 22.5 Å². The fourth-order valence-corrected chi connectivity index (χ4v) is 3.19. The minimum Gasteiger partial charge on any atom is -0.478 e. The zero-order valence-corrected chi connectivity index (χ0v) is 11.8. The monoisotopic (exact) mass is 269 g/mol. The van der Waals surface area contributed by atoms with Crippen molar-refractivity contribution in [2.24, 2.45) is 0 Å². The Labute approximate surface area is 111 Å². The van der Waals surface area contributed by atoms with Gasteiger partial charge in [-0.25, -0.2) is 4.79 Å². The van der Waals surface area contributed by atoms with E-state index in [-0.39, 0.29) is 0 Å². The second-order valence-corrected chi connectivity index (χ2v) is 5.75. The summed E-state index contributed by atoms with van der Waals surface area (Å²) < 4.78 is 4.13. The number of rotatable bonds is 3. The van der Waals surface area contributed by atoms with E-state index in [1.165, 1.54) is 11.5 Å². The minimum absolute atomic E-state index is 0.326. The van der Waals surface area contributed by atoms with Gasteiger partial charge in [-0.3, -0.25) is 0 Å². The second kappa shape index (κ2) is 5.24. The number of hydrogen-bond donors (Lipinski definition) is 2. The SMILES string of the molecule is Cc1nsc(NC2CCN(C)C(C)C2)c1C(=O)O. The number of nitrogens with zero attached hydrogens (tertiary/aromatic N) is 2. The number of carboxylic acids is 1. The predicted molar refractivity (Wildman–Crippen MR) is 72.5 cm³/mol. The van der Waals surface area contributed by atoms with Crippen molar-refractivity contribution in [3.63, 3.8) is 0 Å². The van der Waals surface area contributed by atoms with E-state index in [1.54, 1.807) is 6.92 Å². The van der Waals surface area contributed by atoms with Crippen molar-refractivity contribution in [1.29, 1.82) is 0 Å². The average Bonchev–Trinajstić information content (AvgIpc) is 2.65. The molecule has 0 spiro atoms. The Morgan fingerprint density at radius 3 is 2.94 bits per heavy atom. The molecule has 0 aromatic carbocycles. The van der Waals surface area contributed by atoms with E-state index >= 15 is 0 Å². The lowest BCUT2D eigenvalue weighted by Crippen LogP contribution is -2.42. The molecule has 2 unspecified atom stereocenters. The number of aromatic carboxylic acids is 1. The summed E-state index contributed by atoms with van der Waals surface area (Å²) in [6.07, 6.45) is 2.07. The number of aryl methyl sites for hydroxylation is 1. The summed E-state index contributed by atoms with van der Waals surface area (Å²) in [4.78, 5) is 13.5. The van der Waals surface area contributed by atoms with Crippen LogP contribution in [0.5, 0.6) is 0 Å². The van der Waals surface area contributed by atoms with Crippen molar-refractivity contribution < 1.29 is 9.90 Å². The lowest BCUT2D eigenvalue weighted by Gasteiger charge is -2.35. The summed E-state index contributed by atoms with van der Waals surface area (Å²) in [6, 6.07) is 0.868. The quantitative estimate of drug-likeness (QED) is 0.879. The third-order valence-corrected chi connectivity index (χ3v) is 4.49. The lowest BCUT2D eigenvalue weighted by atomic mass is 9.99. The van der Waals surface area contributed by atoms with Crippen molar-refractivity contribution in [2.45, 2.75) is 38.8 Å². The van der Waals surface area contributed by atoms with Crippen molar-refractivity contribution in [3.05, 3.63) is 11.3 Å². The molecule has 1 aromatic rings. The van der Waals surface area contributed by atoms with Gasteiger partial charge in [-0.05, 0) is 45.3 Å². The normalized spacial score (nSPS) is 25.1. The third-order valence-electron chi connectivity index (χ3n) is 3.62. The molecule has 100 valence electrons. The molecule has 1 aliphatic rings. The Kier molecular flexibility index (Phi) is 3.87. The van der Waals surface area contributed by atoms with Crippen LogP contribution in [-0.2, 0) is 0 Å². The highest BCUT2D eigenvalue weighted by atomic mass is 32.1. The highest BCUT2D eigenvalue weighted by Gasteiger charge is 2.25. The number of aromatic nitrogens is 1. The Balaban J connectivity index is 2.08. The van der Waals surface area contributed by atoms with Crippen LogP contribution in [-0.4, -0.2) is 46.0 Å². The number of piperidine rings is 1. The van der Waals surface area contributed by atoms with Crippen molar-refractivity contribution in [1.82, 2.24) is 9.27 Å². The summed E-state index contributed by atoms with van der Waals surface area (Å²) in [7, 11) is 2.13. The molecule has 0 radical (unpaired) electrons. The Morgan fingerprint density at radius 2 is 2.33 bits per heavy atom. The minimum atomic E-state index is -0.898. The molecule has 2 atom stereocenters. The lowest BCUT2D eigenvalue weighted by molar-refractivity contribution is 0.0697. The van der Waals surface area contributed by atoms with E-state index in [2.05, 4.69) is 28.6 Å². The molecule has 1 fully saturated rings. The van der Waals surface area contributed by atoms with Crippen LogP contribution in [0.15, 0.2) is 0 Å². The van der Waals surface area contributed by atoms with Crippen LogP contribution in [0.1, 0.15) is 35.8 Å². The van der Waals surface area contributed by atoms with Gasteiger partial charge in [-0.1, -0.05) is 0 Å². The highest BCUT2D eigenvalue weighted by Crippen LogP contribution is 2.28. The fourth-order valence-electron chi connectivity index (χ4n) is 2.33. The molecule has 2 rings (SSSR count). The van der Waals surface area contributed by atoms with Crippen LogP contribution < -0.4 is 5.32 Å². The highest BCUT2D eigenvalue weighted by molar-refractivity contribution is 7.10. The third kappa shape index (κ3) is 2.64. The van der Waals surface area contributed by atoms with Gasteiger partial charge in [0.15, 0.2) is 0 Å². The van der Waals surface area contributed by atoms with Gasteiger partial charge in [0.05, 0.1) is 5.69 Å². The first-order valence-corrected chi connectivity index (χ1v) is 6.92. The number of carboxylic acid groups (broad SMARTS) is 1. The van der Waals surface area contributed by atoms with E-state index in [9.17, 15) is 9.90 Å². The van der Waals surface area contributed by atoms with Gasteiger partial charge in [0, 0.05) is 18.6 Å². The standard InChI is InChI=1S/C12H19N3O2S/c1-7-6-9(4-5-15(7)3)13-11-10(12(16)17)8(2)14-18-11/h7,9,13H,4-6H2,1-3H3,(H,16,17). The zero-order valence-electron chi connectivity index (χ0n) is 10.9. The molecule has 2 N–H and O–H groups in total. The van der Waals surface area contributed by atoms with Gasteiger partial charge in [0.25, 0.3) is 0 Å². The van der Waals surface area contributed by atoms with E-state index < -0.39 is 5.97 Å². The summed E-state index contributed by atoms with van der Waals surface area (Å²) in [5.74, 6) is -0.898. The maximum Gasteiger partial charge on any atom is 0.340 e. The van der Waals surface area contributed by atoms with E-state index in [0.717, 1.165) is 19.4 Å². The molecule has 0 saturated carbocycles. The van der Waals surface area contributed by atoms with Gasteiger partial charge >= 0.3 is 5.97 Å². The Morgan fingerprint density at radius 1 is 1.61 bits per heavy atom. The van der Waals surface area contributed by atoms with Crippen LogP contribution in [0.3, 0.4) is 0 Å². The first-order chi connectivity index (χ1) is 8.49. The zero-order chi connectivity index (χ0) is 13.3. The van der Waals surface area contributed by atoms with Gasteiger partial charge in [-0.15, -0.1) is 0 Å². The summed E-state index contributed by atoms with van der Waals surface area (Å²) in [6.45, 7) is 4.98. The molecule has 1 aliphatic heterocycles. The second-order valence-electron chi connectivity index (χ2n) is 4.97. The maximum absolute atomic E-state index is 11.2. The topological polar surface area (TPSA) is 65.5 Å². The molecule has 2 heterocycles. The molecule has 0 aliphatic carbocycles. The maximum atomic E-state index is 11.2. The van der Waals surface area contributed by atoms with Crippen LogP contribution >= 0.6 is 11.5 Å². The average molecular weight is 269 g/mol. The Bertz CT molecular complexity index is 447. The molecule has 0 bridgehead atoms.